The molecule has 1 rings (SSSR count). The quantitative estimate of drug-likeness (QED) is 0.648. The lowest BCUT2D eigenvalue weighted by Gasteiger charge is -2.30. The molecule has 15 heavy (non-hydrogen) atoms. The van der Waals surface area contributed by atoms with Gasteiger partial charge in [0.05, 0.1) is 19.1 Å². The third-order valence-corrected chi connectivity index (χ3v) is 2.69. The molecule has 1 heterocycles. The van der Waals surface area contributed by atoms with E-state index in [0.717, 1.165) is 0 Å². The van der Waals surface area contributed by atoms with Crippen LogP contribution in [0.4, 0.5) is 0 Å². The Kier molecular flexibility index (Phi) is 4.27. The van der Waals surface area contributed by atoms with Gasteiger partial charge < -0.3 is 9.64 Å². The van der Waals surface area contributed by atoms with Gasteiger partial charge in [0.15, 0.2) is 0 Å². The number of hydrogen-bond acceptors (Lipinski definition) is 3. The van der Waals surface area contributed by atoms with Crippen LogP contribution in [-0.4, -0.2) is 42.9 Å². The van der Waals surface area contributed by atoms with Crippen LogP contribution in [-0.2, 0) is 14.3 Å². The molecule has 0 aromatic heterocycles. The SMILES string of the molecule is CC(=O)C(C(=O)N1CCOCC1)C(C)C. The van der Waals surface area contributed by atoms with Crippen LogP contribution >= 0.6 is 0 Å². The number of carbonyl (C=O) groups is 2. The lowest BCUT2D eigenvalue weighted by atomic mass is 9.90. The predicted molar refractivity (Wildman–Crippen MR) is 56.4 cm³/mol. The summed E-state index contributed by atoms with van der Waals surface area (Å²) in [4.78, 5) is 25.2. The largest absolute Gasteiger partial charge is 0.378 e. The van der Waals surface area contributed by atoms with Gasteiger partial charge in [0.1, 0.15) is 5.78 Å². The molecule has 1 saturated heterocycles. The Hall–Kier alpha value is -0.900. The van der Waals surface area contributed by atoms with Gasteiger partial charge in [-0.25, -0.2) is 0 Å². The van der Waals surface area contributed by atoms with Crippen LogP contribution in [0.25, 0.3) is 0 Å². The Morgan fingerprint density at radius 1 is 1.20 bits per heavy atom. The van der Waals surface area contributed by atoms with Gasteiger partial charge in [0, 0.05) is 13.1 Å². The molecule has 0 radical (unpaired) electrons. The number of carbonyl (C=O) groups excluding carboxylic acids is 2. The average Bonchev–Trinajstić information content (AvgIpc) is 2.18. The molecule has 1 aliphatic rings. The second-order valence-corrected chi connectivity index (χ2v) is 4.27. The molecule has 0 aliphatic carbocycles. The molecule has 4 nitrogen and oxygen atoms in total. The highest BCUT2D eigenvalue weighted by molar-refractivity contribution is 6.00. The van der Waals surface area contributed by atoms with E-state index < -0.39 is 5.92 Å². The minimum Gasteiger partial charge on any atom is -0.378 e. The van der Waals surface area contributed by atoms with Crippen LogP contribution in [0.1, 0.15) is 20.8 Å². The van der Waals surface area contributed by atoms with Crippen LogP contribution in [0.15, 0.2) is 0 Å². The van der Waals surface area contributed by atoms with E-state index in [0.29, 0.717) is 26.3 Å². The van der Waals surface area contributed by atoms with E-state index in [1.165, 1.54) is 6.92 Å². The molecule has 0 saturated carbocycles. The van der Waals surface area contributed by atoms with E-state index in [9.17, 15) is 9.59 Å². The number of hydrogen-bond donors (Lipinski definition) is 0. The molecule has 86 valence electrons. The Balaban J connectivity index is 2.66. The Morgan fingerprint density at radius 2 is 1.73 bits per heavy atom. The molecular formula is C11H19NO3. The number of rotatable bonds is 3. The second kappa shape index (κ2) is 5.26. The van der Waals surface area contributed by atoms with Crippen molar-refractivity contribution in [1.29, 1.82) is 0 Å². The maximum absolute atomic E-state index is 12.0. The summed E-state index contributed by atoms with van der Waals surface area (Å²) in [6.45, 7) is 7.67. The molecule has 1 aliphatic heterocycles. The standard InChI is InChI=1S/C11H19NO3/c1-8(2)10(9(3)13)11(14)12-4-6-15-7-5-12/h8,10H,4-7H2,1-3H3. The van der Waals surface area contributed by atoms with E-state index >= 15 is 0 Å². The van der Waals surface area contributed by atoms with E-state index in [4.69, 9.17) is 4.74 Å². The molecule has 0 bridgehead atoms. The minimum atomic E-state index is -0.483. The molecule has 1 unspecified atom stereocenters. The van der Waals surface area contributed by atoms with E-state index in [1.54, 1.807) is 4.90 Å². The van der Waals surface area contributed by atoms with Gasteiger partial charge in [-0.05, 0) is 12.8 Å². The third-order valence-electron chi connectivity index (χ3n) is 2.69. The van der Waals surface area contributed by atoms with Crippen molar-refractivity contribution in [3.8, 4) is 0 Å². The summed E-state index contributed by atoms with van der Waals surface area (Å²) in [6, 6.07) is 0. The fourth-order valence-electron chi connectivity index (χ4n) is 1.91. The van der Waals surface area contributed by atoms with E-state index in [-0.39, 0.29) is 17.6 Å². The molecule has 1 amide bonds. The van der Waals surface area contributed by atoms with Crippen molar-refractivity contribution >= 4 is 11.7 Å². The highest BCUT2D eigenvalue weighted by atomic mass is 16.5. The van der Waals surface area contributed by atoms with Crippen molar-refractivity contribution in [2.24, 2.45) is 11.8 Å². The number of nitrogens with zero attached hydrogens (tertiary/aromatic N) is 1. The highest BCUT2D eigenvalue weighted by Gasteiger charge is 2.31. The van der Waals surface area contributed by atoms with Crippen LogP contribution < -0.4 is 0 Å². The van der Waals surface area contributed by atoms with E-state index in [1.807, 2.05) is 13.8 Å². The first-order valence-electron chi connectivity index (χ1n) is 5.41. The summed E-state index contributed by atoms with van der Waals surface area (Å²) in [6.07, 6.45) is 0. The average molecular weight is 213 g/mol. The number of ether oxygens (including phenoxy) is 1. The Bertz CT molecular complexity index is 244. The predicted octanol–water partition coefficient (Wildman–Crippen LogP) is 0.706. The molecule has 1 atom stereocenters. The van der Waals surface area contributed by atoms with Crippen molar-refractivity contribution in [1.82, 2.24) is 4.90 Å². The second-order valence-electron chi connectivity index (χ2n) is 4.27. The Morgan fingerprint density at radius 3 is 2.13 bits per heavy atom. The van der Waals surface area contributed by atoms with Crippen LogP contribution in [0.3, 0.4) is 0 Å². The lowest BCUT2D eigenvalue weighted by Crippen LogP contribution is -2.46. The zero-order valence-electron chi connectivity index (χ0n) is 9.66. The first kappa shape index (κ1) is 12.2. The number of morpholine rings is 1. The summed E-state index contributed by atoms with van der Waals surface area (Å²) < 4.78 is 5.17. The zero-order valence-corrected chi connectivity index (χ0v) is 9.66. The molecular weight excluding hydrogens is 194 g/mol. The zero-order chi connectivity index (χ0) is 11.4. The summed E-state index contributed by atoms with van der Waals surface area (Å²) in [5, 5.41) is 0. The van der Waals surface area contributed by atoms with Gasteiger partial charge in [-0.3, -0.25) is 9.59 Å². The molecule has 0 N–H and O–H groups in total. The van der Waals surface area contributed by atoms with Crippen LogP contribution in [0, 0.1) is 11.8 Å². The number of ketones is 1. The summed E-state index contributed by atoms with van der Waals surface area (Å²) in [5.74, 6) is -0.497. The molecule has 0 spiro atoms. The first-order valence-corrected chi connectivity index (χ1v) is 5.41. The topological polar surface area (TPSA) is 46.6 Å². The lowest BCUT2D eigenvalue weighted by molar-refractivity contribution is -0.145. The van der Waals surface area contributed by atoms with Crippen molar-refractivity contribution in [3.05, 3.63) is 0 Å². The van der Waals surface area contributed by atoms with Crippen LogP contribution in [0.2, 0.25) is 0 Å². The maximum atomic E-state index is 12.0. The van der Waals surface area contributed by atoms with Crippen LogP contribution in [0.5, 0.6) is 0 Å². The fourth-order valence-corrected chi connectivity index (χ4v) is 1.91. The summed E-state index contributed by atoms with van der Waals surface area (Å²) >= 11 is 0. The minimum absolute atomic E-state index is 0.0403. The van der Waals surface area contributed by atoms with Crippen molar-refractivity contribution in [2.45, 2.75) is 20.8 Å². The van der Waals surface area contributed by atoms with Gasteiger partial charge in [-0.2, -0.15) is 0 Å². The summed E-state index contributed by atoms with van der Waals surface area (Å²) in [7, 11) is 0. The molecule has 4 heteroatoms. The molecule has 1 fully saturated rings. The maximum Gasteiger partial charge on any atom is 0.233 e. The Labute approximate surface area is 90.6 Å². The summed E-state index contributed by atoms with van der Waals surface area (Å²) in [5.41, 5.74) is 0. The van der Waals surface area contributed by atoms with Gasteiger partial charge in [-0.1, -0.05) is 13.8 Å². The fraction of sp³-hybridized carbons (Fsp3) is 0.818. The number of Topliss-reactive ketones (excluding diaryl/α,β-unsaturated/α-hetero) is 1. The molecule has 0 aromatic carbocycles. The monoisotopic (exact) mass is 213 g/mol. The van der Waals surface area contributed by atoms with Gasteiger partial charge in [0.25, 0.3) is 0 Å². The third kappa shape index (κ3) is 3.02. The van der Waals surface area contributed by atoms with Gasteiger partial charge >= 0.3 is 0 Å². The van der Waals surface area contributed by atoms with Crippen molar-refractivity contribution in [2.75, 3.05) is 26.3 Å². The van der Waals surface area contributed by atoms with Gasteiger partial charge in [-0.15, -0.1) is 0 Å². The van der Waals surface area contributed by atoms with Crippen molar-refractivity contribution < 1.29 is 14.3 Å². The molecule has 0 aromatic rings. The first-order chi connectivity index (χ1) is 7.04. The number of amides is 1. The van der Waals surface area contributed by atoms with Gasteiger partial charge in [0.2, 0.25) is 5.91 Å². The van der Waals surface area contributed by atoms with E-state index in [2.05, 4.69) is 0 Å². The highest BCUT2D eigenvalue weighted by Crippen LogP contribution is 2.16. The normalized spacial score (nSPS) is 19.1. The van der Waals surface area contributed by atoms with Crippen molar-refractivity contribution in [3.63, 3.8) is 0 Å². The smallest absolute Gasteiger partial charge is 0.233 e.